The molecule has 0 fully saturated rings. The van der Waals surface area contributed by atoms with Crippen molar-refractivity contribution >= 4 is 17.6 Å². The van der Waals surface area contributed by atoms with Crippen LogP contribution in [-0.2, 0) is 14.9 Å². The van der Waals surface area contributed by atoms with Crippen LogP contribution in [0.2, 0.25) is 5.02 Å². The van der Waals surface area contributed by atoms with Crippen LogP contribution in [0.15, 0.2) is 24.3 Å². The first-order valence-electron chi connectivity index (χ1n) is 4.49. The number of ether oxygens (including phenoxy) is 1. The third-order valence-electron chi connectivity index (χ3n) is 2.37. The van der Waals surface area contributed by atoms with Gasteiger partial charge in [-0.15, -0.1) is 0 Å². The van der Waals surface area contributed by atoms with Gasteiger partial charge in [-0.25, -0.2) is 0 Å². The highest BCUT2D eigenvalue weighted by Crippen LogP contribution is 2.26. The molecule has 1 aromatic rings. The summed E-state index contributed by atoms with van der Waals surface area (Å²) in [6.07, 6.45) is 0. The van der Waals surface area contributed by atoms with Crippen LogP contribution in [0.5, 0.6) is 0 Å². The van der Waals surface area contributed by atoms with E-state index in [1.54, 1.807) is 31.2 Å². The van der Waals surface area contributed by atoms with Gasteiger partial charge in [-0.3, -0.25) is 4.79 Å². The molecule has 0 aliphatic carbocycles. The maximum atomic E-state index is 11.2. The van der Waals surface area contributed by atoms with Gasteiger partial charge in [0.05, 0.1) is 6.61 Å². The minimum absolute atomic E-state index is 0.114. The summed E-state index contributed by atoms with van der Waals surface area (Å²) in [5.74, 6) is -0.924. The molecule has 0 spiro atoms. The summed E-state index contributed by atoms with van der Waals surface area (Å²) >= 11 is 5.82. The molecule has 0 saturated carbocycles. The summed E-state index contributed by atoms with van der Waals surface area (Å²) in [4.78, 5) is 11.2. The zero-order valence-corrected chi connectivity index (χ0v) is 9.41. The Labute approximate surface area is 93.6 Å². The predicted molar refractivity (Wildman–Crippen MR) is 58.3 cm³/mol. The smallest absolute Gasteiger partial charge is 0.316 e. The van der Waals surface area contributed by atoms with E-state index in [2.05, 4.69) is 0 Å². The Morgan fingerprint density at radius 2 is 2.27 bits per heavy atom. The normalized spacial score (nSPS) is 14.6. The molecule has 0 radical (unpaired) electrons. The molecule has 4 heteroatoms. The van der Waals surface area contributed by atoms with Gasteiger partial charge in [0.2, 0.25) is 0 Å². The molecular weight excluding hydrogens is 216 g/mol. The third-order valence-corrected chi connectivity index (χ3v) is 2.60. The molecule has 15 heavy (non-hydrogen) atoms. The second-order valence-electron chi connectivity index (χ2n) is 3.58. The lowest BCUT2D eigenvalue weighted by molar-refractivity contribution is -0.145. The van der Waals surface area contributed by atoms with Crippen molar-refractivity contribution in [3.8, 4) is 0 Å². The van der Waals surface area contributed by atoms with Crippen LogP contribution in [0.1, 0.15) is 12.5 Å². The highest BCUT2D eigenvalue weighted by molar-refractivity contribution is 6.30. The lowest BCUT2D eigenvalue weighted by Crippen LogP contribution is -2.37. The van der Waals surface area contributed by atoms with Crippen LogP contribution in [0.3, 0.4) is 0 Å². The van der Waals surface area contributed by atoms with E-state index in [9.17, 15) is 9.90 Å². The average molecular weight is 229 g/mol. The molecule has 1 N–H and O–H groups in total. The van der Waals surface area contributed by atoms with Crippen LogP contribution in [0.4, 0.5) is 0 Å². The van der Waals surface area contributed by atoms with Crippen LogP contribution < -0.4 is 0 Å². The minimum Gasteiger partial charge on any atom is -0.481 e. The largest absolute Gasteiger partial charge is 0.481 e. The van der Waals surface area contributed by atoms with E-state index in [1.807, 2.05) is 0 Å². The molecule has 0 aliphatic rings. The minimum atomic E-state index is -1.06. The van der Waals surface area contributed by atoms with Crippen molar-refractivity contribution in [3.63, 3.8) is 0 Å². The standard InChI is InChI=1S/C11H13ClO3/c1-11(7-15-2,10(13)14)8-4-3-5-9(12)6-8/h3-6H,7H2,1-2H3,(H,13,14). The van der Waals surface area contributed by atoms with E-state index in [0.717, 1.165) is 0 Å². The number of carboxylic acid groups (broad SMARTS) is 1. The van der Waals surface area contributed by atoms with Gasteiger partial charge >= 0.3 is 5.97 Å². The molecule has 1 atom stereocenters. The number of hydrogen-bond donors (Lipinski definition) is 1. The number of benzene rings is 1. The number of carbonyl (C=O) groups is 1. The molecule has 1 rings (SSSR count). The van der Waals surface area contributed by atoms with E-state index in [1.165, 1.54) is 7.11 Å². The highest BCUT2D eigenvalue weighted by atomic mass is 35.5. The van der Waals surface area contributed by atoms with Gasteiger partial charge in [-0.2, -0.15) is 0 Å². The van der Waals surface area contributed by atoms with Gasteiger partial charge < -0.3 is 9.84 Å². The van der Waals surface area contributed by atoms with Crippen molar-refractivity contribution in [2.45, 2.75) is 12.3 Å². The van der Waals surface area contributed by atoms with Gasteiger partial charge in [0.1, 0.15) is 5.41 Å². The Morgan fingerprint density at radius 3 is 2.73 bits per heavy atom. The van der Waals surface area contributed by atoms with Crippen LogP contribution in [0.25, 0.3) is 0 Å². The predicted octanol–water partition coefficient (Wildman–Crippen LogP) is 2.33. The molecule has 1 unspecified atom stereocenters. The van der Waals surface area contributed by atoms with Gasteiger partial charge in [-0.05, 0) is 24.6 Å². The summed E-state index contributed by atoms with van der Waals surface area (Å²) < 4.78 is 4.94. The van der Waals surface area contributed by atoms with Crippen molar-refractivity contribution in [1.29, 1.82) is 0 Å². The van der Waals surface area contributed by atoms with Gasteiger partial charge in [0, 0.05) is 12.1 Å². The van der Waals surface area contributed by atoms with Crippen molar-refractivity contribution < 1.29 is 14.6 Å². The van der Waals surface area contributed by atoms with Crippen LogP contribution >= 0.6 is 11.6 Å². The Kier molecular flexibility index (Phi) is 3.72. The molecule has 1 aromatic carbocycles. The van der Waals surface area contributed by atoms with Crippen LogP contribution in [-0.4, -0.2) is 24.8 Å². The van der Waals surface area contributed by atoms with E-state index >= 15 is 0 Å². The van der Waals surface area contributed by atoms with E-state index in [4.69, 9.17) is 16.3 Å². The molecule has 3 nitrogen and oxygen atoms in total. The maximum absolute atomic E-state index is 11.2. The lowest BCUT2D eigenvalue weighted by atomic mass is 9.83. The zero-order valence-electron chi connectivity index (χ0n) is 8.66. The van der Waals surface area contributed by atoms with E-state index < -0.39 is 11.4 Å². The zero-order chi connectivity index (χ0) is 11.5. The fraction of sp³-hybridized carbons (Fsp3) is 0.364. The molecule has 0 aliphatic heterocycles. The molecule has 0 heterocycles. The summed E-state index contributed by atoms with van der Waals surface area (Å²) in [5.41, 5.74) is -0.413. The Hall–Kier alpha value is -1.06. The monoisotopic (exact) mass is 228 g/mol. The SMILES string of the molecule is COCC(C)(C(=O)O)c1cccc(Cl)c1. The van der Waals surface area contributed by atoms with E-state index in [0.29, 0.717) is 10.6 Å². The molecular formula is C11H13ClO3. The Balaban J connectivity index is 3.15. The average Bonchev–Trinajstić information content (AvgIpc) is 2.17. The number of halogens is 1. The quantitative estimate of drug-likeness (QED) is 0.861. The number of rotatable bonds is 4. The first-order valence-corrected chi connectivity index (χ1v) is 4.87. The Morgan fingerprint density at radius 1 is 1.60 bits per heavy atom. The molecule has 82 valence electrons. The van der Waals surface area contributed by atoms with Crippen LogP contribution in [0, 0.1) is 0 Å². The highest BCUT2D eigenvalue weighted by Gasteiger charge is 2.35. The summed E-state index contributed by atoms with van der Waals surface area (Å²) in [6.45, 7) is 1.73. The van der Waals surface area contributed by atoms with E-state index in [-0.39, 0.29) is 6.61 Å². The maximum Gasteiger partial charge on any atom is 0.316 e. The van der Waals surface area contributed by atoms with Crippen molar-refractivity contribution in [1.82, 2.24) is 0 Å². The second kappa shape index (κ2) is 4.64. The van der Waals surface area contributed by atoms with Gasteiger partial charge in [0.25, 0.3) is 0 Å². The number of methoxy groups -OCH3 is 1. The second-order valence-corrected chi connectivity index (χ2v) is 4.02. The van der Waals surface area contributed by atoms with Gasteiger partial charge in [0.15, 0.2) is 0 Å². The molecule has 0 amide bonds. The number of carboxylic acids is 1. The van der Waals surface area contributed by atoms with Gasteiger partial charge in [-0.1, -0.05) is 23.7 Å². The molecule has 0 bridgehead atoms. The number of hydrogen-bond acceptors (Lipinski definition) is 2. The summed E-state index contributed by atoms with van der Waals surface area (Å²) in [7, 11) is 1.48. The van der Waals surface area contributed by atoms with Crippen molar-refractivity contribution in [2.24, 2.45) is 0 Å². The Bertz CT molecular complexity index is 365. The van der Waals surface area contributed by atoms with Crippen molar-refractivity contribution in [2.75, 3.05) is 13.7 Å². The first kappa shape index (κ1) is 12.0. The number of aliphatic carboxylic acids is 1. The summed E-state index contributed by atoms with van der Waals surface area (Å²) in [6, 6.07) is 6.82. The summed E-state index contributed by atoms with van der Waals surface area (Å²) in [5, 5.41) is 9.71. The topological polar surface area (TPSA) is 46.5 Å². The lowest BCUT2D eigenvalue weighted by Gasteiger charge is -2.24. The fourth-order valence-corrected chi connectivity index (χ4v) is 1.58. The fourth-order valence-electron chi connectivity index (χ4n) is 1.39. The molecule has 0 saturated heterocycles. The first-order chi connectivity index (χ1) is 7.00. The van der Waals surface area contributed by atoms with Crippen molar-refractivity contribution in [3.05, 3.63) is 34.9 Å². The molecule has 0 aromatic heterocycles. The third kappa shape index (κ3) is 2.49.